The highest BCUT2D eigenvalue weighted by atomic mass is 16.6. The molecule has 0 unspecified atom stereocenters. The van der Waals surface area contributed by atoms with Gasteiger partial charge in [0.2, 0.25) is 0 Å². The first-order chi connectivity index (χ1) is 13.5. The molecule has 3 rings (SSSR count). The topological polar surface area (TPSA) is 73.2 Å². The van der Waals surface area contributed by atoms with Crippen LogP contribution in [0.3, 0.4) is 0 Å². The summed E-state index contributed by atoms with van der Waals surface area (Å²) in [7, 11) is 0. The standard InChI is InChI=1S/C22H25N5O/c1-15-13-17(3)25-21(14-15)18(4)27-28-12-6-8-19-10-11-23-22(26-19)20-9-5-7-16(2)24-20/h5,7,9-11,13-14H,6,8,12H2,1-4H3. The zero-order valence-corrected chi connectivity index (χ0v) is 16.8. The molecule has 0 aromatic carbocycles. The number of aromatic nitrogens is 4. The van der Waals surface area contributed by atoms with Gasteiger partial charge in [-0.1, -0.05) is 11.2 Å². The Bertz CT molecular complexity index is 964. The number of hydrogen-bond donors (Lipinski definition) is 0. The van der Waals surface area contributed by atoms with Gasteiger partial charge in [-0.3, -0.25) is 4.98 Å². The zero-order valence-electron chi connectivity index (χ0n) is 16.8. The van der Waals surface area contributed by atoms with Crippen LogP contribution >= 0.6 is 0 Å². The van der Waals surface area contributed by atoms with E-state index in [9.17, 15) is 0 Å². The van der Waals surface area contributed by atoms with E-state index in [2.05, 4.69) is 32.0 Å². The van der Waals surface area contributed by atoms with Crippen molar-refractivity contribution >= 4 is 5.71 Å². The van der Waals surface area contributed by atoms with E-state index in [4.69, 9.17) is 4.84 Å². The fraction of sp³-hybridized carbons (Fsp3) is 0.318. The first-order valence-corrected chi connectivity index (χ1v) is 9.39. The van der Waals surface area contributed by atoms with Crippen molar-refractivity contribution in [3.05, 3.63) is 70.9 Å². The van der Waals surface area contributed by atoms with Crippen molar-refractivity contribution in [3.63, 3.8) is 0 Å². The van der Waals surface area contributed by atoms with Crippen molar-refractivity contribution in [2.75, 3.05) is 6.61 Å². The maximum absolute atomic E-state index is 5.47. The van der Waals surface area contributed by atoms with Crippen LogP contribution in [-0.4, -0.2) is 32.3 Å². The summed E-state index contributed by atoms with van der Waals surface area (Å²) in [5.41, 5.74) is 6.48. The molecule has 0 spiro atoms. The number of oxime groups is 1. The van der Waals surface area contributed by atoms with Gasteiger partial charge >= 0.3 is 0 Å². The first-order valence-electron chi connectivity index (χ1n) is 9.39. The Kier molecular flexibility index (Phi) is 6.42. The second-order valence-corrected chi connectivity index (χ2v) is 6.82. The summed E-state index contributed by atoms with van der Waals surface area (Å²) < 4.78 is 0. The Hall–Kier alpha value is -3.15. The molecule has 6 nitrogen and oxygen atoms in total. The van der Waals surface area contributed by atoms with Gasteiger partial charge in [0, 0.05) is 23.3 Å². The molecule has 28 heavy (non-hydrogen) atoms. The smallest absolute Gasteiger partial charge is 0.178 e. The molecule has 0 aliphatic carbocycles. The molecule has 0 N–H and O–H groups in total. The largest absolute Gasteiger partial charge is 0.396 e. The summed E-state index contributed by atoms with van der Waals surface area (Å²) in [5.74, 6) is 0.650. The minimum Gasteiger partial charge on any atom is -0.396 e. The van der Waals surface area contributed by atoms with Gasteiger partial charge in [0.05, 0.1) is 5.69 Å². The van der Waals surface area contributed by atoms with Crippen LogP contribution in [0.2, 0.25) is 0 Å². The average molecular weight is 375 g/mol. The third kappa shape index (κ3) is 5.42. The van der Waals surface area contributed by atoms with E-state index in [1.165, 1.54) is 5.56 Å². The molecular formula is C22H25N5O. The van der Waals surface area contributed by atoms with Crippen molar-refractivity contribution < 1.29 is 4.84 Å². The van der Waals surface area contributed by atoms with Crippen LogP contribution in [0.25, 0.3) is 11.5 Å². The van der Waals surface area contributed by atoms with Crippen LogP contribution in [0.5, 0.6) is 0 Å². The summed E-state index contributed by atoms with van der Waals surface area (Å²) >= 11 is 0. The van der Waals surface area contributed by atoms with E-state index in [1.54, 1.807) is 6.20 Å². The number of rotatable bonds is 7. The fourth-order valence-corrected chi connectivity index (χ4v) is 2.86. The Balaban J connectivity index is 1.53. The Morgan fingerprint density at radius 2 is 1.86 bits per heavy atom. The lowest BCUT2D eigenvalue weighted by atomic mass is 10.2. The Morgan fingerprint density at radius 3 is 2.64 bits per heavy atom. The molecule has 6 heteroatoms. The summed E-state index contributed by atoms with van der Waals surface area (Å²) in [5, 5.41) is 4.19. The van der Waals surface area contributed by atoms with Gasteiger partial charge in [-0.25, -0.2) is 15.0 Å². The van der Waals surface area contributed by atoms with E-state index < -0.39 is 0 Å². The quantitative estimate of drug-likeness (QED) is 0.351. The summed E-state index contributed by atoms with van der Waals surface area (Å²) in [4.78, 5) is 23.4. The van der Waals surface area contributed by atoms with Crippen LogP contribution in [0.4, 0.5) is 0 Å². The highest BCUT2D eigenvalue weighted by Gasteiger charge is 2.05. The number of pyridine rings is 2. The lowest BCUT2D eigenvalue weighted by Gasteiger charge is -2.05. The SMILES string of the molecule is CC(=NOCCCc1ccnc(-c2cccc(C)n2)n1)c1cc(C)cc(C)n1. The molecule has 0 atom stereocenters. The van der Waals surface area contributed by atoms with E-state index >= 15 is 0 Å². The molecule has 3 heterocycles. The molecule has 0 amide bonds. The monoisotopic (exact) mass is 375 g/mol. The van der Waals surface area contributed by atoms with Crippen molar-refractivity contribution in [2.24, 2.45) is 5.16 Å². The lowest BCUT2D eigenvalue weighted by molar-refractivity contribution is 0.141. The zero-order chi connectivity index (χ0) is 19.9. The van der Waals surface area contributed by atoms with Crippen LogP contribution in [-0.2, 0) is 11.3 Å². The minimum atomic E-state index is 0.518. The van der Waals surface area contributed by atoms with E-state index in [0.717, 1.165) is 47.0 Å². The molecule has 144 valence electrons. The predicted molar refractivity (Wildman–Crippen MR) is 110 cm³/mol. The minimum absolute atomic E-state index is 0.518. The second kappa shape index (κ2) is 9.17. The van der Waals surface area contributed by atoms with Crippen molar-refractivity contribution in [1.29, 1.82) is 0 Å². The normalized spacial score (nSPS) is 11.5. The van der Waals surface area contributed by atoms with Gasteiger partial charge in [-0.05, 0) is 76.4 Å². The highest BCUT2D eigenvalue weighted by molar-refractivity contribution is 5.96. The lowest BCUT2D eigenvalue weighted by Crippen LogP contribution is -2.03. The highest BCUT2D eigenvalue weighted by Crippen LogP contribution is 2.13. The molecule has 0 aliphatic heterocycles. The van der Waals surface area contributed by atoms with Crippen LogP contribution in [0, 0.1) is 20.8 Å². The van der Waals surface area contributed by atoms with Gasteiger partial charge in [0.1, 0.15) is 18.0 Å². The molecule has 0 radical (unpaired) electrons. The number of hydrogen-bond acceptors (Lipinski definition) is 6. The van der Waals surface area contributed by atoms with E-state index in [0.29, 0.717) is 12.4 Å². The van der Waals surface area contributed by atoms with Crippen LogP contribution < -0.4 is 0 Å². The Labute approximate surface area is 165 Å². The second-order valence-electron chi connectivity index (χ2n) is 6.82. The number of nitrogens with zero attached hydrogens (tertiary/aromatic N) is 5. The number of aryl methyl sites for hydroxylation is 4. The van der Waals surface area contributed by atoms with Crippen molar-refractivity contribution in [3.8, 4) is 11.5 Å². The molecule has 0 fully saturated rings. The summed E-state index contributed by atoms with van der Waals surface area (Å²) in [6.45, 7) is 8.42. The maximum Gasteiger partial charge on any atom is 0.178 e. The average Bonchev–Trinajstić information content (AvgIpc) is 2.67. The van der Waals surface area contributed by atoms with E-state index in [-0.39, 0.29) is 0 Å². The molecule has 0 saturated carbocycles. The maximum atomic E-state index is 5.47. The molecule has 0 aliphatic rings. The molecule has 3 aromatic rings. The van der Waals surface area contributed by atoms with Gasteiger partial charge in [0.25, 0.3) is 0 Å². The van der Waals surface area contributed by atoms with Crippen LogP contribution in [0.1, 0.15) is 41.7 Å². The molecule has 0 bridgehead atoms. The Morgan fingerprint density at radius 1 is 1.00 bits per heavy atom. The van der Waals surface area contributed by atoms with Crippen molar-refractivity contribution in [1.82, 2.24) is 19.9 Å². The predicted octanol–water partition coefficient (Wildman–Crippen LogP) is 4.23. The molecule has 0 saturated heterocycles. The third-order valence-corrected chi connectivity index (χ3v) is 4.17. The van der Waals surface area contributed by atoms with Crippen molar-refractivity contribution in [2.45, 2.75) is 40.5 Å². The fourth-order valence-electron chi connectivity index (χ4n) is 2.86. The summed E-state index contributed by atoms with van der Waals surface area (Å²) in [6, 6.07) is 11.8. The van der Waals surface area contributed by atoms with E-state index in [1.807, 2.05) is 57.2 Å². The van der Waals surface area contributed by atoms with Gasteiger partial charge < -0.3 is 4.84 Å². The molecular weight excluding hydrogens is 350 g/mol. The summed E-state index contributed by atoms with van der Waals surface area (Å²) in [6.07, 6.45) is 3.38. The van der Waals surface area contributed by atoms with Gasteiger partial charge in [-0.15, -0.1) is 0 Å². The van der Waals surface area contributed by atoms with Crippen LogP contribution in [0.15, 0.2) is 47.8 Å². The molecule has 3 aromatic heterocycles. The van der Waals surface area contributed by atoms with Gasteiger partial charge in [-0.2, -0.15) is 0 Å². The first kappa shape index (κ1) is 19.6. The van der Waals surface area contributed by atoms with Gasteiger partial charge in [0.15, 0.2) is 5.82 Å². The third-order valence-electron chi connectivity index (χ3n) is 4.17.